The van der Waals surface area contributed by atoms with Crippen molar-refractivity contribution in [2.24, 2.45) is 0 Å². The summed E-state index contributed by atoms with van der Waals surface area (Å²) in [5, 5.41) is 2.71. The zero-order chi connectivity index (χ0) is 18.7. The van der Waals surface area contributed by atoms with Gasteiger partial charge in [0.15, 0.2) is 0 Å². The molecule has 2 amide bonds. The van der Waals surface area contributed by atoms with Crippen molar-refractivity contribution in [3.63, 3.8) is 0 Å². The highest BCUT2D eigenvalue weighted by molar-refractivity contribution is 5.92. The summed E-state index contributed by atoms with van der Waals surface area (Å²) < 4.78 is 5.13. The molecular formula is C18H29N3O4. The van der Waals surface area contributed by atoms with Gasteiger partial charge in [-0.3, -0.25) is 19.3 Å². The Morgan fingerprint density at radius 2 is 2.04 bits per heavy atom. The highest BCUT2D eigenvalue weighted by Crippen LogP contribution is 2.11. The lowest BCUT2D eigenvalue weighted by atomic mass is 10.1. The number of piperazine rings is 1. The molecule has 0 bridgehead atoms. The predicted octanol–water partition coefficient (Wildman–Crippen LogP) is 0.721. The standard InChI is InChI=1S/C18H29N3O4/c1-4-7-12-25-17(23)13-15-18(24)19-8-11-21(15)16(22)14-20(9-5-2)10-6-3/h5-6,15H,2-4,7-14H2,1H3,(H,19,24). The number of amides is 2. The number of ether oxygens (including phenoxy) is 1. The minimum absolute atomic E-state index is 0.121. The van der Waals surface area contributed by atoms with Gasteiger partial charge in [-0.15, -0.1) is 13.2 Å². The fourth-order valence-corrected chi connectivity index (χ4v) is 2.61. The van der Waals surface area contributed by atoms with Crippen molar-refractivity contribution in [1.82, 2.24) is 15.1 Å². The molecule has 1 saturated heterocycles. The first-order valence-electron chi connectivity index (χ1n) is 8.70. The number of carbonyl (C=O) groups excluding carboxylic acids is 3. The average molecular weight is 351 g/mol. The van der Waals surface area contributed by atoms with E-state index in [2.05, 4.69) is 18.5 Å². The number of nitrogens with one attached hydrogen (secondary N) is 1. The lowest BCUT2D eigenvalue weighted by molar-refractivity contribution is -0.152. The van der Waals surface area contributed by atoms with Gasteiger partial charge in [-0.1, -0.05) is 25.5 Å². The molecule has 1 fully saturated rings. The molecule has 7 nitrogen and oxygen atoms in total. The number of carbonyl (C=O) groups is 3. The molecule has 0 spiro atoms. The Hall–Kier alpha value is -2.15. The van der Waals surface area contributed by atoms with Crippen molar-refractivity contribution in [2.75, 3.05) is 39.3 Å². The largest absolute Gasteiger partial charge is 0.466 e. The molecule has 1 rings (SSSR count). The highest BCUT2D eigenvalue weighted by atomic mass is 16.5. The minimum Gasteiger partial charge on any atom is -0.466 e. The minimum atomic E-state index is -0.815. The molecule has 0 aliphatic carbocycles. The van der Waals surface area contributed by atoms with E-state index in [0.717, 1.165) is 12.8 Å². The molecule has 140 valence electrons. The lowest BCUT2D eigenvalue weighted by Crippen LogP contribution is -2.59. The molecule has 0 aromatic heterocycles. The maximum Gasteiger partial charge on any atom is 0.308 e. The summed E-state index contributed by atoms with van der Waals surface area (Å²) in [6, 6.07) is -0.815. The number of unbranched alkanes of at least 4 members (excludes halogenated alkanes) is 1. The van der Waals surface area contributed by atoms with E-state index in [0.29, 0.717) is 32.8 Å². The van der Waals surface area contributed by atoms with Gasteiger partial charge in [0.1, 0.15) is 6.04 Å². The van der Waals surface area contributed by atoms with Gasteiger partial charge in [-0.2, -0.15) is 0 Å². The van der Waals surface area contributed by atoms with Crippen LogP contribution < -0.4 is 5.32 Å². The third-order valence-electron chi connectivity index (χ3n) is 3.91. The van der Waals surface area contributed by atoms with Crippen LogP contribution >= 0.6 is 0 Å². The monoisotopic (exact) mass is 351 g/mol. The molecule has 1 aliphatic rings. The third-order valence-corrected chi connectivity index (χ3v) is 3.91. The number of nitrogens with zero attached hydrogens (tertiary/aromatic N) is 2. The topological polar surface area (TPSA) is 79.0 Å². The second-order valence-electron chi connectivity index (χ2n) is 5.94. The summed E-state index contributed by atoms with van der Waals surface area (Å²) in [5.41, 5.74) is 0. The van der Waals surface area contributed by atoms with Crippen LogP contribution in [0.1, 0.15) is 26.2 Å². The Balaban J connectivity index is 2.70. The van der Waals surface area contributed by atoms with Crippen LogP contribution in [0.2, 0.25) is 0 Å². The Labute approximate surface area is 149 Å². The van der Waals surface area contributed by atoms with Crippen LogP contribution in [0, 0.1) is 0 Å². The van der Waals surface area contributed by atoms with E-state index < -0.39 is 12.0 Å². The summed E-state index contributed by atoms with van der Waals surface area (Å²) in [5.74, 6) is -0.960. The Morgan fingerprint density at radius 3 is 2.64 bits per heavy atom. The molecule has 7 heteroatoms. The summed E-state index contributed by atoms with van der Waals surface area (Å²) >= 11 is 0. The smallest absolute Gasteiger partial charge is 0.308 e. The van der Waals surface area contributed by atoms with Gasteiger partial charge >= 0.3 is 5.97 Å². The molecule has 1 aliphatic heterocycles. The number of hydrogen-bond donors (Lipinski definition) is 1. The van der Waals surface area contributed by atoms with Gasteiger partial charge in [0, 0.05) is 26.2 Å². The van der Waals surface area contributed by atoms with E-state index in [1.54, 1.807) is 12.2 Å². The fraction of sp³-hybridized carbons (Fsp3) is 0.611. The second-order valence-corrected chi connectivity index (χ2v) is 5.94. The van der Waals surface area contributed by atoms with E-state index in [4.69, 9.17) is 4.74 Å². The molecule has 0 radical (unpaired) electrons. The Morgan fingerprint density at radius 1 is 1.36 bits per heavy atom. The lowest BCUT2D eigenvalue weighted by Gasteiger charge is -2.35. The first-order valence-corrected chi connectivity index (χ1v) is 8.70. The Bertz CT molecular complexity index is 483. The van der Waals surface area contributed by atoms with Gasteiger partial charge in [0.05, 0.1) is 19.6 Å². The second kappa shape index (κ2) is 11.4. The van der Waals surface area contributed by atoms with E-state index in [-0.39, 0.29) is 24.8 Å². The van der Waals surface area contributed by atoms with Crippen molar-refractivity contribution in [2.45, 2.75) is 32.2 Å². The normalized spacial score (nSPS) is 17.1. The van der Waals surface area contributed by atoms with Crippen LogP contribution in [0.4, 0.5) is 0 Å². The molecule has 1 unspecified atom stereocenters. The van der Waals surface area contributed by atoms with Crippen LogP contribution in [0.5, 0.6) is 0 Å². The van der Waals surface area contributed by atoms with Crippen LogP contribution in [-0.2, 0) is 19.1 Å². The van der Waals surface area contributed by atoms with Crippen LogP contribution in [0.3, 0.4) is 0 Å². The average Bonchev–Trinajstić information content (AvgIpc) is 2.57. The SMILES string of the molecule is C=CCN(CC=C)CC(=O)N1CCNC(=O)C1CC(=O)OCCCC. The zero-order valence-corrected chi connectivity index (χ0v) is 15.0. The van der Waals surface area contributed by atoms with Gasteiger partial charge in [-0.05, 0) is 6.42 Å². The molecule has 0 aromatic rings. The van der Waals surface area contributed by atoms with Crippen LogP contribution in [-0.4, -0.2) is 73.0 Å². The van der Waals surface area contributed by atoms with Gasteiger partial charge in [-0.25, -0.2) is 0 Å². The van der Waals surface area contributed by atoms with Gasteiger partial charge in [0.25, 0.3) is 0 Å². The van der Waals surface area contributed by atoms with Crippen LogP contribution in [0.25, 0.3) is 0 Å². The number of esters is 1. The summed E-state index contributed by atoms with van der Waals surface area (Å²) in [7, 11) is 0. The van der Waals surface area contributed by atoms with E-state index in [1.807, 2.05) is 11.8 Å². The van der Waals surface area contributed by atoms with Crippen molar-refractivity contribution in [3.8, 4) is 0 Å². The molecule has 1 N–H and O–H groups in total. The first-order chi connectivity index (χ1) is 12.0. The summed E-state index contributed by atoms with van der Waals surface area (Å²) in [6.45, 7) is 11.7. The summed E-state index contributed by atoms with van der Waals surface area (Å²) in [6.07, 6.45) is 5.00. The molecule has 1 atom stereocenters. The van der Waals surface area contributed by atoms with Crippen molar-refractivity contribution in [3.05, 3.63) is 25.3 Å². The first kappa shape index (κ1) is 20.9. The maximum atomic E-state index is 12.6. The molecular weight excluding hydrogens is 322 g/mol. The molecule has 1 heterocycles. The van der Waals surface area contributed by atoms with E-state index >= 15 is 0 Å². The van der Waals surface area contributed by atoms with E-state index in [9.17, 15) is 14.4 Å². The van der Waals surface area contributed by atoms with Crippen molar-refractivity contribution < 1.29 is 19.1 Å². The fourth-order valence-electron chi connectivity index (χ4n) is 2.61. The van der Waals surface area contributed by atoms with Crippen molar-refractivity contribution in [1.29, 1.82) is 0 Å². The third kappa shape index (κ3) is 7.09. The van der Waals surface area contributed by atoms with E-state index in [1.165, 1.54) is 4.90 Å². The molecule has 0 saturated carbocycles. The Kier molecular flexibility index (Phi) is 9.54. The predicted molar refractivity (Wildman–Crippen MR) is 95.8 cm³/mol. The number of hydrogen-bond acceptors (Lipinski definition) is 5. The van der Waals surface area contributed by atoms with Gasteiger partial charge in [0.2, 0.25) is 11.8 Å². The summed E-state index contributed by atoms with van der Waals surface area (Å²) in [4.78, 5) is 40.1. The van der Waals surface area contributed by atoms with Crippen LogP contribution in [0.15, 0.2) is 25.3 Å². The molecule has 0 aromatic carbocycles. The molecule has 25 heavy (non-hydrogen) atoms. The maximum absolute atomic E-state index is 12.6. The quantitative estimate of drug-likeness (QED) is 0.337. The van der Waals surface area contributed by atoms with Gasteiger partial charge < -0.3 is 15.0 Å². The highest BCUT2D eigenvalue weighted by Gasteiger charge is 2.35. The van der Waals surface area contributed by atoms with Crippen molar-refractivity contribution >= 4 is 17.8 Å². The zero-order valence-electron chi connectivity index (χ0n) is 15.0. The number of rotatable bonds is 11.